The van der Waals surface area contributed by atoms with Crippen LogP contribution >= 0.6 is 0 Å². The van der Waals surface area contributed by atoms with E-state index in [1.165, 1.54) is 17.0 Å². The quantitative estimate of drug-likeness (QED) is 0.342. The zero-order valence-electron chi connectivity index (χ0n) is 22.9. The first kappa shape index (κ1) is 29.7. The van der Waals surface area contributed by atoms with Crippen LogP contribution in [0, 0.1) is 0 Å². The molecule has 0 bridgehead atoms. The van der Waals surface area contributed by atoms with Gasteiger partial charge in [-0.2, -0.15) is 0 Å². The van der Waals surface area contributed by atoms with Gasteiger partial charge in [0.25, 0.3) is 10.0 Å². The predicted molar refractivity (Wildman–Crippen MR) is 153 cm³/mol. The monoisotopic (exact) mass is 551 g/mol. The molecule has 0 heterocycles. The number of carbonyl (C=O) groups is 2. The van der Waals surface area contributed by atoms with Crippen molar-refractivity contribution in [1.82, 2.24) is 10.2 Å². The van der Waals surface area contributed by atoms with Crippen LogP contribution in [0.15, 0.2) is 89.8 Å². The van der Waals surface area contributed by atoms with Gasteiger partial charge >= 0.3 is 0 Å². The fourth-order valence-electron chi connectivity index (χ4n) is 4.10. The van der Waals surface area contributed by atoms with Crippen LogP contribution in [-0.2, 0) is 26.0 Å². The van der Waals surface area contributed by atoms with Crippen molar-refractivity contribution in [2.45, 2.75) is 51.1 Å². The van der Waals surface area contributed by atoms with Gasteiger partial charge in [0.2, 0.25) is 11.8 Å². The zero-order chi connectivity index (χ0) is 28.4. The minimum Gasteiger partial charge on any atom is -0.494 e. The van der Waals surface area contributed by atoms with E-state index in [9.17, 15) is 18.0 Å². The van der Waals surface area contributed by atoms with Crippen molar-refractivity contribution in [1.29, 1.82) is 0 Å². The van der Waals surface area contributed by atoms with E-state index in [1.54, 1.807) is 49.4 Å². The van der Waals surface area contributed by atoms with Crippen molar-refractivity contribution < 1.29 is 22.7 Å². The summed E-state index contributed by atoms with van der Waals surface area (Å²) in [4.78, 5) is 28.2. The standard InChI is InChI=1S/C30H37N3O5S/c1-5-38-27-16-18-28(19-17-27)39(36,37)33(26-14-10-7-11-15-26)22-29(34)32(24(4)30(35)31-23(2)3)21-20-25-12-8-6-9-13-25/h6-19,23-24H,5,20-22H2,1-4H3,(H,31,35)/t24-/m0/s1. The Kier molecular flexibility index (Phi) is 10.5. The molecule has 1 N–H and O–H groups in total. The van der Waals surface area contributed by atoms with Crippen LogP contribution in [0.4, 0.5) is 5.69 Å². The highest BCUT2D eigenvalue weighted by molar-refractivity contribution is 7.92. The summed E-state index contributed by atoms with van der Waals surface area (Å²) in [5, 5.41) is 2.86. The lowest BCUT2D eigenvalue weighted by atomic mass is 10.1. The van der Waals surface area contributed by atoms with E-state index in [2.05, 4.69) is 5.32 Å². The first-order valence-electron chi connectivity index (χ1n) is 13.1. The molecule has 9 heteroatoms. The van der Waals surface area contributed by atoms with Crippen molar-refractivity contribution in [2.24, 2.45) is 0 Å². The van der Waals surface area contributed by atoms with Gasteiger partial charge in [0.15, 0.2) is 0 Å². The van der Waals surface area contributed by atoms with Crippen LogP contribution in [-0.4, -0.2) is 56.9 Å². The predicted octanol–water partition coefficient (Wildman–Crippen LogP) is 4.27. The van der Waals surface area contributed by atoms with E-state index in [0.717, 1.165) is 9.87 Å². The van der Waals surface area contributed by atoms with Crippen molar-refractivity contribution >= 4 is 27.5 Å². The Hall–Kier alpha value is -3.85. The SMILES string of the molecule is CCOc1ccc(S(=O)(=O)N(CC(=O)N(CCc2ccccc2)[C@@H](C)C(=O)NC(C)C)c2ccccc2)cc1. The zero-order valence-corrected chi connectivity index (χ0v) is 23.7. The fourth-order valence-corrected chi connectivity index (χ4v) is 5.51. The molecule has 1 atom stereocenters. The molecule has 0 fully saturated rings. The molecule has 3 aromatic rings. The summed E-state index contributed by atoms with van der Waals surface area (Å²) in [6.45, 7) is 7.45. The Bertz CT molecular complexity index is 1310. The van der Waals surface area contributed by atoms with Gasteiger partial charge in [-0.25, -0.2) is 8.42 Å². The van der Waals surface area contributed by atoms with Crippen LogP contribution < -0.4 is 14.4 Å². The maximum atomic E-state index is 13.8. The average molecular weight is 552 g/mol. The third-order valence-corrected chi connectivity index (χ3v) is 7.92. The number of ether oxygens (including phenoxy) is 1. The average Bonchev–Trinajstić information content (AvgIpc) is 2.92. The second kappa shape index (κ2) is 13.8. The van der Waals surface area contributed by atoms with E-state index in [4.69, 9.17) is 4.74 Å². The number of rotatable bonds is 13. The molecule has 3 aromatic carbocycles. The number of nitrogens with one attached hydrogen (secondary N) is 1. The molecule has 0 saturated heterocycles. The summed E-state index contributed by atoms with van der Waals surface area (Å²) in [5.74, 6) is -0.224. The van der Waals surface area contributed by atoms with E-state index in [1.807, 2.05) is 51.1 Å². The molecule has 0 spiro atoms. The summed E-state index contributed by atoms with van der Waals surface area (Å²) in [6, 6.07) is 23.3. The normalized spacial score (nSPS) is 12.0. The first-order valence-corrected chi connectivity index (χ1v) is 14.5. The van der Waals surface area contributed by atoms with Crippen molar-refractivity contribution in [3.05, 3.63) is 90.5 Å². The maximum absolute atomic E-state index is 13.8. The Labute approximate surface area is 231 Å². The number of benzene rings is 3. The molecule has 8 nitrogen and oxygen atoms in total. The summed E-state index contributed by atoms with van der Waals surface area (Å²) in [6.07, 6.45) is 0.517. The van der Waals surface area contributed by atoms with Crippen LogP contribution in [0.1, 0.15) is 33.3 Å². The topological polar surface area (TPSA) is 96.0 Å². The summed E-state index contributed by atoms with van der Waals surface area (Å²) < 4.78 is 34.2. The molecule has 39 heavy (non-hydrogen) atoms. The second-order valence-corrected chi connectivity index (χ2v) is 11.3. The van der Waals surface area contributed by atoms with Gasteiger partial charge in [-0.15, -0.1) is 0 Å². The van der Waals surface area contributed by atoms with Gasteiger partial charge in [-0.3, -0.25) is 13.9 Å². The number of amides is 2. The van der Waals surface area contributed by atoms with Gasteiger partial charge in [-0.1, -0.05) is 48.5 Å². The largest absolute Gasteiger partial charge is 0.494 e. The van der Waals surface area contributed by atoms with Crippen LogP contribution in [0.2, 0.25) is 0 Å². The van der Waals surface area contributed by atoms with Gasteiger partial charge in [0, 0.05) is 12.6 Å². The minimum atomic E-state index is -4.12. The van der Waals surface area contributed by atoms with Crippen molar-refractivity contribution in [3.63, 3.8) is 0 Å². The Morgan fingerprint density at radius 3 is 2.03 bits per heavy atom. The molecular formula is C30H37N3O5S. The first-order chi connectivity index (χ1) is 18.6. The molecule has 208 valence electrons. The van der Waals surface area contributed by atoms with Gasteiger partial charge < -0.3 is 15.0 Å². The Balaban J connectivity index is 1.94. The minimum absolute atomic E-state index is 0.0315. The van der Waals surface area contributed by atoms with Crippen LogP contribution in [0.3, 0.4) is 0 Å². The lowest BCUT2D eigenvalue weighted by Crippen LogP contribution is -2.53. The number of hydrogen-bond donors (Lipinski definition) is 1. The number of hydrogen-bond acceptors (Lipinski definition) is 5. The second-order valence-electron chi connectivity index (χ2n) is 9.41. The molecule has 0 aromatic heterocycles. The molecule has 0 aliphatic rings. The number of nitrogens with zero attached hydrogens (tertiary/aromatic N) is 2. The highest BCUT2D eigenvalue weighted by atomic mass is 32.2. The van der Waals surface area contributed by atoms with Crippen LogP contribution in [0.25, 0.3) is 0 Å². The summed E-state index contributed by atoms with van der Waals surface area (Å²) >= 11 is 0. The highest BCUT2D eigenvalue weighted by Crippen LogP contribution is 2.25. The molecule has 0 saturated carbocycles. The smallest absolute Gasteiger partial charge is 0.264 e. The van der Waals surface area contributed by atoms with E-state index >= 15 is 0 Å². The number of carbonyl (C=O) groups excluding carboxylic acids is 2. The molecular weight excluding hydrogens is 514 g/mol. The highest BCUT2D eigenvalue weighted by Gasteiger charge is 2.32. The number of sulfonamides is 1. The fraction of sp³-hybridized carbons (Fsp3) is 0.333. The van der Waals surface area contributed by atoms with Gasteiger partial charge in [-0.05, 0) is 76.1 Å². The Morgan fingerprint density at radius 1 is 0.872 bits per heavy atom. The molecule has 2 amide bonds. The molecule has 0 unspecified atom stereocenters. The lowest BCUT2D eigenvalue weighted by molar-refractivity contribution is -0.139. The van der Waals surface area contributed by atoms with Crippen LogP contribution in [0.5, 0.6) is 5.75 Å². The summed E-state index contributed by atoms with van der Waals surface area (Å²) in [7, 11) is -4.12. The van der Waals surface area contributed by atoms with Gasteiger partial charge in [0.05, 0.1) is 17.2 Å². The molecule has 0 aliphatic carbocycles. The van der Waals surface area contributed by atoms with E-state index in [-0.39, 0.29) is 23.4 Å². The van der Waals surface area contributed by atoms with Crippen molar-refractivity contribution in [3.8, 4) is 5.75 Å². The maximum Gasteiger partial charge on any atom is 0.264 e. The van der Waals surface area contributed by atoms with E-state index < -0.39 is 28.5 Å². The third kappa shape index (κ3) is 8.07. The third-order valence-electron chi connectivity index (χ3n) is 6.13. The Morgan fingerprint density at radius 2 is 1.46 bits per heavy atom. The number of para-hydroxylation sites is 1. The molecule has 3 rings (SSSR count). The summed E-state index contributed by atoms with van der Waals surface area (Å²) in [5.41, 5.74) is 1.36. The van der Waals surface area contributed by atoms with Crippen molar-refractivity contribution in [2.75, 3.05) is 24.0 Å². The van der Waals surface area contributed by atoms with E-state index in [0.29, 0.717) is 24.5 Å². The number of anilines is 1. The molecule has 0 radical (unpaired) electrons. The molecule has 0 aliphatic heterocycles. The van der Waals surface area contributed by atoms with Gasteiger partial charge in [0.1, 0.15) is 18.3 Å². The lowest BCUT2D eigenvalue weighted by Gasteiger charge is -2.32.